The number of halogens is 1. The fraction of sp³-hybridized carbons (Fsp3) is 0.314. The van der Waals surface area contributed by atoms with Crippen molar-refractivity contribution in [1.82, 2.24) is 10.2 Å². The van der Waals surface area contributed by atoms with Gasteiger partial charge in [0.2, 0.25) is 5.13 Å². The molecule has 244 valence electrons. The molecule has 2 atom stereocenters. The van der Waals surface area contributed by atoms with Gasteiger partial charge in [0.1, 0.15) is 23.4 Å². The fourth-order valence-corrected chi connectivity index (χ4v) is 7.45. The van der Waals surface area contributed by atoms with Gasteiger partial charge in [-0.2, -0.15) is 0 Å². The quantitative estimate of drug-likeness (QED) is 0.0408. The number of amides is 1. The van der Waals surface area contributed by atoms with Crippen molar-refractivity contribution in [1.29, 1.82) is 0 Å². The van der Waals surface area contributed by atoms with Crippen molar-refractivity contribution in [3.8, 4) is 17.2 Å². The summed E-state index contributed by atoms with van der Waals surface area (Å²) >= 11 is 2.39. The van der Waals surface area contributed by atoms with Crippen molar-refractivity contribution in [2.45, 2.75) is 62.3 Å². The Kier molecular flexibility index (Phi) is 9.79. The highest BCUT2D eigenvalue weighted by Crippen LogP contribution is 2.46. The van der Waals surface area contributed by atoms with Gasteiger partial charge in [-0.1, -0.05) is 60.7 Å². The van der Waals surface area contributed by atoms with E-state index in [9.17, 15) is 19.1 Å². The second-order valence-electron chi connectivity index (χ2n) is 11.2. The summed E-state index contributed by atoms with van der Waals surface area (Å²) < 4.78 is 32.5. The standard InChI is InChI=1S/C35H34FN3O6S2/c1-4-6-15-44-27-14-11-21(18-28(27)43-5-2)30-29(31(40)22-12-13-26-24(17-22)16-20(3)45-26)32(41)33(42)39(30)34-37-38-35(47-34)46-19-23-9-7-8-10-25(23)36/h7-14,17-18,20,30,40H,4-6,15-16,19H2,1-3H3/b31-29+. The molecule has 1 saturated heterocycles. The van der Waals surface area contributed by atoms with E-state index in [0.717, 1.165) is 35.5 Å². The van der Waals surface area contributed by atoms with Gasteiger partial charge in [0.15, 0.2) is 15.8 Å². The second-order valence-corrected chi connectivity index (χ2v) is 13.4. The van der Waals surface area contributed by atoms with Gasteiger partial charge in [-0.3, -0.25) is 14.5 Å². The predicted molar refractivity (Wildman–Crippen MR) is 179 cm³/mol. The van der Waals surface area contributed by atoms with E-state index in [0.29, 0.717) is 57.9 Å². The highest BCUT2D eigenvalue weighted by molar-refractivity contribution is 8.00. The lowest BCUT2D eigenvalue weighted by Crippen LogP contribution is -2.29. The number of aliphatic hydroxyl groups excluding tert-OH is 1. The monoisotopic (exact) mass is 675 g/mol. The summed E-state index contributed by atoms with van der Waals surface area (Å²) in [7, 11) is 0. The van der Waals surface area contributed by atoms with E-state index in [1.807, 2.05) is 13.8 Å². The minimum absolute atomic E-state index is 0.00845. The number of hydrogen-bond donors (Lipinski definition) is 1. The van der Waals surface area contributed by atoms with Crippen molar-refractivity contribution >= 4 is 45.7 Å². The molecule has 4 aromatic rings. The van der Waals surface area contributed by atoms with E-state index in [1.165, 1.54) is 22.7 Å². The number of benzene rings is 3. The summed E-state index contributed by atoms with van der Waals surface area (Å²) in [5.41, 5.74) is 2.24. The van der Waals surface area contributed by atoms with Crippen molar-refractivity contribution in [2.75, 3.05) is 18.1 Å². The Balaban J connectivity index is 1.42. The van der Waals surface area contributed by atoms with E-state index in [4.69, 9.17) is 14.2 Å². The van der Waals surface area contributed by atoms with E-state index in [1.54, 1.807) is 54.6 Å². The van der Waals surface area contributed by atoms with Crippen LogP contribution >= 0.6 is 23.1 Å². The van der Waals surface area contributed by atoms with Crippen molar-refractivity contribution < 1.29 is 33.3 Å². The highest BCUT2D eigenvalue weighted by Gasteiger charge is 2.48. The number of ketones is 1. The fourth-order valence-electron chi connectivity index (χ4n) is 5.59. The Bertz CT molecular complexity index is 1840. The summed E-state index contributed by atoms with van der Waals surface area (Å²) in [6, 6.07) is 15.9. The predicted octanol–water partition coefficient (Wildman–Crippen LogP) is 7.50. The molecule has 0 aliphatic carbocycles. The van der Waals surface area contributed by atoms with Gasteiger partial charge in [-0.15, -0.1) is 10.2 Å². The molecule has 0 saturated carbocycles. The summed E-state index contributed by atoms with van der Waals surface area (Å²) in [5, 5.41) is 20.4. The highest BCUT2D eigenvalue weighted by atomic mass is 32.2. The molecule has 3 heterocycles. The molecule has 6 rings (SSSR count). The number of carbonyl (C=O) groups excluding carboxylic acids is 2. The summed E-state index contributed by atoms with van der Waals surface area (Å²) in [6.07, 6.45) is 2.48. The van der Waals surface area contributed by atoms with Crippen LogP contribution in [0.2, 0.25) is 0 Å². The maximum atomic E-state index is 14.2. The molecule has 0 radical (unpaired) electrons. The summed E-state index contributed by atoms with van der Waals surface area (Å²) in [4.78, 5) is 28.9. The topological polar surface area (TPSA) is 111 Å². The van der Waals surface area contributed by atoms with Crippen LogP contribution in [-0.2, 0) is 21.8 Å². The van der Waals surface area contributed by atoms with Gasteiger partial charge < -0.3 is 19.3 Å². The third-order valence-electron chi connectivity index (χ3n) is 7.86. The number of fused-ring (bicyclic) bond motifs is 1. The Morgan fingerprint density at radius 3 is 2.70 bits per heavy atom. The first-order valence-electron chi connectivity index (χ1n) is 15.5. The molecule has 1 aromatic heterocycles. The number of nitrogens with zero attached hydrogens (tertiary/aromatic N) is 3. The molecule has 1 N–H and O–H groups in total. The molecule has 3 aromatic carbocycles. The van der Waals surface area contributed by atoms with Gasteiger partial charge in [-0.05, 0) is 73.4 Å². The Morgan fingerprint density at radius 1 is 1.09 bits per heavy atom. The number of unbranched alkanes of at least 4 members (excludes halogenated alkanes) is 1. The number of carbonyl (C=O) groups is 2. The number of hydrogen-bond acceptors (Lipinski definition) is 10. The number of aliphatic hydroxyl groups is 1. The van der Waals surface area contributed by atoms with Crippen LogP contribution < -0.4 is 19.1 Å². The first-order valence-corrected chi connectivity index (χ1v) is 17.3. The van der Waals surface area contributed by atoms with E-state index in [-0.39, 0.29) is 28.4 Å². The molecule has 2 aliphatic heterocycles. The molecule has 9 nitrogen and oxygen atoms in total. The SMILES string of the molecule is CCCCOc1ccc(C2/C(=C(\O)c3ccc4c(c3)CC(C)O4)C(=O)C(=O)N2c2nnc(SCc3ccccc3F)s2)cc1OCC. The number of ether oxygens (including phenoxy) is 3. The molecule has 2 unspecified atom stereocenters. The van der Waals surface area contributed by atoms with Crippen LogP contribution in [0.25, 0.3) is 5.76 Å². The maximum absolute atomic E-state index is 14.2. The molecule has 1 fully saturated rings. The number of Topliss-reactive ketones (excluding diaryl/α,β-unsaturated/α-hetero) is 1. The first kappa shape index (κ1) is 32.5. The Morgan fingerprint density at radius 2 is 1.91 bits per heavy atom. The van der Waals surface area contributed by atoms with Gasteiger partial charge in [-0.25, -0.2) is 4.39 Å². The van der Waals surface area contributed by atoms with Gasteiger partial charge in [0, 0.05) is 17.7 Å². The smallest absolute Gasteiger partial charge is 0.301 e. The van der Waals surface area contributed by atoms with E-state index < -0.39 is 17.7 Å². The van der Waals surface area contributed by atoms with Crippen LogP contribution in [0.4, 0.5) is 9.52 Å². The third-order valence-corrected chi connectivity index (χ3v) is 9.97. The maximum Gasteiger partial charge on any atom is 0.301 e. The van der Waals surface area contributed by atoms with E-state index in [2.05, 4.69) is 17.1 Å². The lowest BCUT2D eigenvalue weighted by molar-refractivity contribution is -0.132. The number of rotatable bonds is 12. The van der Waals surface area contributed by atoms with Crippen molar-refractivity contribution in [2.24, 2.45) is 0 Å². The number of anilines is 1. The Hall–Kier alpha value is -4.42. The number of thioether (sulfide) groups is 1. The molecule has 47 heavy (non-hydrogen) atoms. The zero-order valence-electron chi connectivity index (χ0n) is 26.2. The Labute approximate surface area is 280 Å². The summed E-state index contributed by atoms with van der Waals surface area (Å²) in [5.74, 6) is -0.312. The zero-order chi connectivity index (χ0) is 33.1. The minimum Gasteiger partial charge on any atom is -0.507 e. The molecule has 1 amide bonds. The average Bonchev–Trinajstić information content (AvgIpc) is 3.76. The molecular formula is C35H34FN3O6S2. The molecular weight excluding hydrogens is 642 g/mol. The van der Waals surface area contributed by atoms with Crippen LogP contribution in [0.15, 0.2) is 70.6 Å². The van der Waals surface area contributed by atoms with E-state index >= 15 is 0 Å². The summed E-state index contributed by atoms with van der Waals surface area (Å²) in [6.45, 7) is 6.76. The van der Waals surface area contributed by atoms with Crippen molar-refractivity contribution in [3.05, 3.63) is 94.3 Å². The first-order chi connectivity index (χ1) is 22.8. The molecule has 0 spiro atoms. The molecule has 2 aliphatic rings. The van der Waals surface area contributed by atoms with Gasteiger partial charge >= 0.3 is 5.91 Å². The zero-order valence-corrected chi connectivity index (χ0v) is 27.8. The molecule has 0 bridgehead atoms. The van der Waals surface area contributed by atoms with Crippen LogP contribution in [0, 0.1) is 5.82 Å². The van der Waals surface area contributed by atoms with Gasteiger partial charge in [0.25, 0.3) is 5.78 Å². The number of aromatic nitrogens is 2. The van der Waals surface area contributed by atoms with Crippen molar-refractivity contribution in [3.63, 3.8) is 0 Å². The molecule has 12 heteroatoms. The van der Waals surface area contributed by atoms with Gasteiger partial charge in [0.05, 0.1) is 24.8 Å². The van der Waals surface area contributed by atoms with Crippen LogP contribution in [0.1, 0.15) is 61.9 Å². The largest absolute Gasteiger partial charge is 0.507 e. The lowest BCUT2D eigenvalue weighted by Gasteiger charge is -2.23. The van der Waals surface area contributed by atoms with Crippen LogP contribution in [0.3, 0.4) is 0 Å². The normalized spacial score (nSPS) is 18.3. The third kappa shape index (κ3) is 6.70. The average molecular weight is 676 g/mol. The van der Waals surface area contributed by atoms with Crippen LogP contribution in [0.5, 0.6) is 17.2 Å². The lowest BCUT2D eigenvalue weighted by atomic mass is 9.94. The minimum atomic E-state index is -1.04. The van der Waals surface area contributed by atoms with Crippen LogP contribution in [-0.4, -0.2) is 46.3 Å². The second kappa shape index (κ2) is 14.1.